The molecule has 0 aliphatic heterocycles. The van der Waals surface area contributed by atoms with Gasteiger partial charge in [-0.05, 0) is 42.8 Å². The minimum absolute atomic E-state index is 0.0380. The Morgan fingerprint density at radius 2 is 2.05 bits per heavy atom. The van der Waals surface area contributed by atoms with Crippen LogP contribution in [0.25, 0.3) is 0 Å². The van der Waals surface area contributed by atoms with E-state index in [4.69, 9.17) is 11.2 Å². The Labute approximate surface area is 118 Å². The van der Waals surface area contributed by atoms with Crippen LogP contribution in [0.5, 0.6) is 5.75 Å². The van der Waals surface area contributed by atoms with Crippen molar-refractivity contribution in [2.75, 3.05) is 11.9 Å². The fraction of sp³-hybridized carbons (Fsp3) is 0.118. The molecule has 20 heavy (non-hydrogen) atoms. The molecule has 0 heterocycles. The lowest BCUT2D eigenvalue weighted by Gasteiger charge is -2.08. The van der Waals surface area contributed by atoms with E-state index in [1.54, 1.807) is 24.3 Å². The molecule has 0 fully saturated rings. The Hall–Kier alpha value is -2.73. The van der Waals surface area contributed by atoms with Gasteiger partial charge >= 0.3 is 0 Å². The van der Waals surface area contributed by atoms with Crippen molar-refractivity contribution in [2.45, 2.75) is 6.92 Å². The van der Waals surface area contributed by atoms with Gasteiger partial charge in [0.15, 0.2) is 6.61 Å². The zero-order chi connectivity index (χ0) is 14.4. The van der Waals surface area contributed by atoms with Crippen molar-refractivity contribution in [3.63, 3.8) is 0 Å². The van der Waals surface area contributed by atoms with Gasteiger partial charge in [0.2, 0.25) is 0 Å². The summed E-state index contributed by atoms with van der Waals surface area (Å²) in [4.78, 5) is 11.8. The number of anilines is 1. The quantitative estimate of drug-likeness (QED) is 0.863. The molecule has 3 heteroatoms. The summed E-state index contributed by atoms with van der Waals surface area (Å²) < 4.78 is 5.43. The third kappa shape index (κ3) is 3.89. The SMILES string of the molecule is C#Cc1cccc(NC(=O)COc2cccc(C)c2)c1. The predicted octanol–water partition coefficient (Wildman–Crippen LogP) is 2.99. The van der Waals surface area contributed by atoms with Crippen LogP contribution in [0.1, 0.15) is 11.1 Å². The first-order valence-corrected chi connectivity index (χ1v) is 6.23. The predicted molar refractivity (Wildman–Crippen MR) is 79.7 cm³/mol. The number of terminal acetylenes is 1. The summed E-state index contributed by atoms with van der Waals surface area (Å²) in [6.45, 7) is 1.93. The largest absolute Gasteiger partial charge is 0.484 e. The minimum Gasteiger partial charge on any atom is -0.484 e. The lowest BCUT2D eigenvalue weighted by atomic mass is 10.2. The Morgan fingerprint density at radius 3 is 2.80 bits per heavy atom. The van der Waals surface area contributed by atoms with Crippen LogP contribution in [0, 0.1) is 19.3 Å². The highest BCUT2D eigenvalue weighted by molar-refractivity contribution is 5.92. The normalized spacial score (nSPS) is 9.60. The zero-order valence-corrected chi connectivity index (χ0v) is 11.2. The summed E-state index contributed by atoms with van der Waals surface area (Å²) in [5.74, 6) is 2.98. The number of rotatable bonds is 4. The van der Waals surface area contributed by atoms with Gasteiger partial charge in [0, 0.05) is 11.3 Å². The minimum atomic E-state index is -0.222. The Morgan fingerprint density at radius 1 is 1.25 bits per heavy atom. The van der Waals surface area contributed by atoms with Crippen molar-refractivity contribution < 1.29 is 9.53 Å². The summed E-state index contributed by atoms with van der Waals surface area (Å²) in [5.41, 5.74) is 2.48. The number of hydrogen-bond donors (Lipinski definition) is 1. The van der Waals surface area contributed by atoms with E-state index in [0.29, 0.717) is 11.4 Å². The van der Waals surface area contributed by atoms with Crippen molar-refractivity contribution >= 4 is 11.6 Å². The van der Waals surface area contributed by atoms with E-state index in [1.165, 1.54) is 0 Å². The number of carbonyl (C=O) groups is 1. The number of hydrogen-bond acceptors (Lipinski definition) is 2. The fourth-order valence-corrected chi connectivity index (χ4v) is 1.74. The maximum absolute atomic E-state index is 11.8. The van der Waals surface area contributed by atoms with Crippen molar-refractivity contribution in [3.8, 4) is 18.1 Å². The second-order valence-electron chi connectivity index (χ2n) is 4.38. The average molecular weight is 265 g/mol. The molecule has 1 N–H and O–H groups in total. The van der Waals surface area contributed by atoms with E-state index in [2.05, 4.69) is 11.2 Å². The van der Waals surface area contributed by atoms with Gasteiger partial charge in [-0.2, -0.15) is 0 Å². The van der Waals surface area contributed by atoms with E-state index in [1.807, 2.05) is 31.2 Å². The molecule has 0 saturated heterocycles. The van der Waals surface area contributed by atoms with Gasteiger partial charge in [-0.1, -0.05) is 24.1 Å². The maximum atomic E-state index is 11.8. The number of amides is 1. The molecule has 0 unspecified atom stereocenters. The monoisotopic (exact) mass is 265 g/mol. The molecule has 0 saturated carbocycles. The van der Waals surface area contributed by atoms with Crippen LogP contribution in [-0.4, -0.2) is 12.5 Å². The molecule has 2 aromatic rings. The summed E-state index contributed by atoms with van der Waals surface area (Å²) in [5, 5.41) is 2.74. The molecule has 0 atom stereocenters. The van der Waals surface area contributed by atoms with Gasteiger partial charge in [-0.25, -0.2) is 0 Å². The number of benzene rings is 2. The third-order valence-corrected chi connectivity index (χ3v) is 2.67. The lowest BCUT2D eigenvalue weighted by Crippen LogP contribution is -2.20. The highest BCUT2D eigenvalue weighted by Crippen LogP contribution is 2.13. The van der Waals surface area contributed by atoms with Crippen molar-refractivity contribution in [2.24, 2.45) is 0 Å². The second kappa shape index (κ2) is 6.44. The Bertz CT molecular complexity index is 656. The Kier molecular flexibility index (Phi) is 4.41. The van der Waals surface area contributed by atoms with Gasteiger partial charge in [0.25, 0.3) is 5.91 Å². The number of aryl methyl sites for hydroxylation is 1. The second-order valence-corrected chi connectivity index (χ2v) is 4.38. The molecule has 2 aromatic carbocycles. The molecule has 0 bridgehead atoms. The van der Waals surface area contributed by atoms with E-state index in [0.717, 1.165) is 11.1 Å². The number of nitrogens with one attached hydrogen (secondary N) is 1. The van der Waals surface area contributed by atoms with Gasteiger partial charge in [0.1, 0.15) is 5.75 Å². The molecule has 0 radical (unpaired) electrons. The molecule has 1 amide bonds. The van der Waals surface area contributed by atoms with E-state index >= 15 is 0 Å². The van der Waals surface area contributed by atoms with Gasteiger partial charge in [0.05, 0.1) is 0 Å². The molecule has 3 nitrogen and oxygen atoms in total. The van der Waals surface area contributed by atoms with E-state index in [9.17, 15) is 4.79 Å². The highest BCUT2D eigenvalue weighted by Gasteiger charge is 2.04. The molecule has 0 aliphatic carbocycles. The number of ether oxygens (including phenoxy) is 1. The van der Waals surface area contributed by atoms with Crippen molar-refractivity contribution in [3.05, 3.63) is 59.7 Å². The molecule has 0 spiro atoms. The van der Waals surface area contributed by atoms with E-state index in [-0.39, 0.29) is 12.5 Å². The Balaban J connectivity index is 1.91. The highest BCUT2D eigenvalue weighted by atomic mass is 16.5. The molecule has 0 aromatic heterocycles. The van der Waals surface area contributed by atoms with Gasteiger partial charge < -0.3 is 10.1 Å². The molecular formula is C17H15NO2. The van der Waals surface area contributed by atoms with Crippen LogP contribution in [0.4, 0.5) is 5.69 Å². The summed E-state index contributed by atoms with van der Waals surface area (Å²) >= 11 is 0. The molecular weight excluding hydrogens is 250 g/mol. The van der Waals surface area contributed by atoms with E-state index < -0.39 is 0 Å². The lowest BCUT2D eigenvalue weighted by molar-refractivity contribution is -0.118. The molecule has 0 aliphatic rings. The standard InChI is InChI=1S/C17H15NO2/c1-3-14-7-5-8-15(11-14)18-17(19)12-20-16-9-4-6-13(2)10-16/h1,4-11H,12H2,2H3,(H,18,19). The van der Waals surface area contributed by atoms with Crippen LogP contribution in [-0.2, 0) is 4.79 Å². The first-order valence-electron chi connectivity index (χ1n) is 6.23. The third-order valence-electron chi connectivity index (χ3n) is 2.67. The van der Waals surface area contributed by atoms with Crippen LogP contribution >= 0.6 is 0 Å². The van der Waals surface area contributed by atoms with Crippen LogP contribution in [0.2, 0.25) is 0 Å². The summed E-state index contributed by atoms with van der Waals surface area (Å²) in [6, 6.07) is 14.7. The molecule has 100 valence electrons. The van der Waals surface area contributed by atoms with Crippen LogP contribution < -0.4 is 10.1 Å². The summed E-state index contributed by atoms with van der Waals surface area (Å²) in [6.07, 6.45) is 5.31. The van der Waals surface area contributed by atoms with Gasteiger partial charge in [-0.3, -0.25) is 4.79 Å². The maximum Gasteiger partial charge on any atom is 0.262 e. The first-order chi connectivity index (χ1) is 9.67. The van der Waals surface area contributed by atoms with Crippen LogP contribution in [0.15, 0.2) is 48.5 Å². The zero-order valence-electron chi connectivity index (χ0n) is 11.2. The van der Waals surface area contributed by atoms with Crippen molar-refractivity contribution in [1.82, 2.24) is 0 Å². The number of carbonyl (C=O) groups excluding carboxylic acids is 1. The molecule has 2 rings (SSSR count). The smallest absolute Gasteiger partial charge is 0.262 e. The average Bonchev–Trinajstić information content (AvgIpc) is 2.45. The fourth-order valence-electron chi connectivity index (χ4n) is 1.74. The van der Waals surface area contributed by atoms with Crippen molar-refractivity contribution in [1.29, 1.82) is 0 Å². The first kappa shape index (κ1) is 13.7. The summed E-state index contributed by atoms with van der Waals surface area (Å²) in [7, 11) is 0. The van der Waals surface area contributed by atoms with Gasteiger partial charge in [-0.15, -0.1) is 6.42 Å². The topological polar surface area (TPSA) is 38.3 Å². The van der Waals surface area contributed by atoms with Crippen LogP contribution in [0.3, 0.4) is 0 Å².